The molecule has 0 amide bonds. The summed E-state index contributed by atoms with van der Waals surface area (Å²) < 4.78 is 0. The van der Waals surface area contributed by atoms with Gasteiger partial charge in [0.2, 0.25) is 0 Å². The minimum absolute atomic E-state index is 0.206. The SMILES string of the molecule is CCCCC1CCC(N)(CCC)CC1. The lowest BCUT2D eigenvalue weighted by atomic mass is 9.73. The normalized spacial score (nSPS) is 33.2. The third kappa shape index (κ3) is 3.61. The van der Waals surface area contributed by atoms with Crippen LogP contribution in [0.15, 0.2) is 0 Å². The first kappa shape index (κ1) is 12.0. The molecule has 1 aliphatic carbocycles. The maximum absolute atomic E-state index is 6.36. The van der Waals surface area contributed by atoms with Gasteiger partial charge in [0.15, 0.2) is 0 Å². The van der Waals surface area contributed by atoms with Crippen LogP contribution in [-0.2, 0) is 0 Å². The lowest BCUT2D eigenvalue weighted by Crippen LogP contribution is -2.43. The van der Waals surface area contributed by atoms with E-state index < -0.39 is 0 Å². The van der Waals surface area contributed by atoms with E-state index in [-0.39, 0.29) is 5.54 Å². The predicted octanol–water partition coefficient (Wildman–Crippen LogP) is 3.86. The Morgan fingerprint density at radius 3 is 2.29 bits per heavy atom. The molecule has 0 atom stereocenters. The second-order valence-electron chi connectivity index (χ2n) is 5.20. The maximum Gasteiger partial charge on any atom is 0.0154 e. The van der Waals surface area contributed by atoms with Gasteiger partial charge < -0.3 is 5.73 Å². The molecule has 0 aromatic rings. The largest absolute Gasteiger partial charge is 0.325 e. The molecule has 0 bridgehead atoms. The van der Waals surface area contributed by atoms with Gasteiger partial charge in [-0.1, -0.05) is 39.5 Å². The highest BCUT2D eigenvalue weighted by molar-refractivity contribution is 4.89. The molecule has 0 radical (unpaired) electrons. The summed E-state index contributed by atoms with van der Waals surface area (Å²) in [7, 11) is 0. The molecule has 1 aliphatic rings. The van der Waals surface area contributed by atoms with Crippen molar-refractivity contribution in [1.29, 1.82) is 0 Å². The van der Waals surface area contributed by atoms with E-state index in [9.17, 15) is 0 Å². The van der Waals surface area contributed by atoms with E-state index in [1.807, 2.05) is 0 Å². The van der Waals surface area contributed by atoms with Crippen molar-refractivity contribution >= 4 is 0 Å². The summed E-state index contributed by atoms with van der Waals surface area (Å²) in [6, 6.07) is 0. The average molecular weight is 197 g/mol. The Morgan fingerprint density at radius 2 is 1.79 bits per heavy atom. The Morgan fingerprint density at radius 1 is 1.14 bits per heavy atom. The van der Waals surface area contributed by atoms with Crippen LogP contribution >= 0.6 is 0 Å². The third-order valence-corrected chi connectivity index (χ3v) is 3.81. The number of unbranched alkanes of at least 4 members (excludes halogenated alkanes) is 1. The number of nitrogens with two attached hydrogens (primary N) is 1. The number of hydrogen-bond acceptors (Lipinski definition) is 1. The van der Waals surface area contributed by atoms with Gasteiger partial charge in [0.1, 0.15) is 0 Å². The van der Waals surface area contributed by atoms with Crippen molar-refractivity contribution < 1.29 is 0 Å². The zero-order chi connectivity index (χ0) is 10.4. The van der Waals surface area contributed by atoms with Gasteiger partial charge >= 0.3 is 0 Å². The van der Waals surface area contributed by atoms with Gasteiger partial charge in [-0.15, -0.1) is 0 Å². The summed E-state index contributed by atoms with van der Waals surface area (Å²) in [6.07, 6.45) is 12.0. The Balaban J connectivity index is 2.23. The van der Waals surface area contributed by atoms with Crippen LogP contribution in [0.3, 0.4) is 0 Å². The molecule has 0 heterocycles. The van der Waals surface area contributed by atoms with Crippen LogP contribution < -0.4 is 5.73 Å². The molecule has 1 rings (SSSR count). The Bertz CT molecular complexity index is 145. The molecule has 1 fully saturated rings. The highest BCUT2D eigenvalue weighted by Crippen LogP contribution is 2.35. The minimum atomic E-state index is 0.206. The highest BCUT2D eigenvalue weighted by Gasteiger charge is 2.30. The van der Waals surface area contributed by atoms with E-state index >= 15 is 0 Å². The van der Waals surface area contributed by atoms with Crippen molar-refractivity contribution in [1.82, 2.24) is 0 Å². The topological polar surface area (TPSA) is 26.0 Å². The highest BCUT2D eigenvalue weighted by atomic mass is 14.7. The van der Waals surface area contributed by atoms with Gasteiger partial charge in [0.25, 0.3) is 0 Å². The lowest BCUT2D eigenvalue weighted by Gasteiger charge is -2.37. The summed E-state index contributed by atoms with van der Waals surface area (Å²) in [4.78, 5) is 0. The van der Waals surface area contributed by atoms with Gasteiger partial charge in [0.05, 0.1) is 0 Å². The molecule has 0 saturated heterocycles. The summed E-state index contributed by atoms with van der Waals surface area (Å²) in [5.41, 5.74) is 6.57. The molecule has 0 unspecified atom stereocenters. The monoisotopic (exact) mass is 197 g/mol. The Kier molecular flexibility index (Phi) is 4.94. The predicted molar refractivity (Wildman–Crippen MR) is 63.3 cm³/mol. The molecule has 1 heteroatoms. The Labute approximate surface area is 89.5 Å². The fourth-order valence-corrected chi connectivity index (χ4v) is 2.78. The van der Waals surface area contributed by atoms with Crippen LogP contribution in [-0.4, -0.2) is 5.54 Å². The van der Waals surface area contributed by atoms with E-state index in [0.29, 0.717) is 0 Å². The van der Waals surface area contributed by atoms with Gasteiger partial charge in [-0.2, -0.15) is 0 Å². The second kappa shape index (κ2) is 5.75. The molecule has 84 valence electrons. The van der Waals surface area contributed by atoms with Gasteiger partial charge in [0, 0.05) is 5.54 Å². The lowest BCUT2D eigenvalue weighted by molar-refractivity contribution is 0.211. The molecule has 0 aromatic carbocycles. The van der Waals surface area contributed by atoms with Crippen molar-refractivity contribution in [3.05, 3.63) is 0 Å². The minimum Gasteiger partial charge on any atom is -0.325 e. The van der Waals surface area contributed by atoms with Crippen molar-refractivity contribution in [3.8, 4) is 0 Å². The van der Waals surface area contributed by atoms with Crippen LogP contribution in [0.1, 0.15) is 71.6 Å². The molecule has 1 nitrogen and oxygen atoms in total. The molecular weight excluding hydrogens is 170 g/mol. The number of rotatable bonds is 5. The third-order valence-electron chi connectivity index (χ3n) is 3.81. The fraction of sp³-hybridized carbons (Fsp3) is 1.00. The molecular formula is C13H27N. The van der Waals surface area contributed by atoms with Crippen LogP contribution in [0.2, 0.25) is 0 Å². The zero-order valence-corrected chi connectivity index (χ0v) is 10.0. The van der Waals surface area contributed by atoms with Crippen molar-refractivity contribution in [2.75, 3.05) is 0 Å². The zero-order valence-electron chi connectivity index (χ0n) is 10.0. The van der Waals surface area contributed by atoms with E-state index in [2.05, 4.69) is 13.8 Å². The maximum atomic E-state index is 6.36. The van der Waals surface area contributed by atoms with Crippen molar-refractivity contribution in [2.24, 2.45) is 11.7 Å². The van der Waals surface area contributed by atoms with Gasteiger partial charge in [-0.3, -0.25) is 0 Å². The first-order chi connectivity index (χ1) is 6.70. The molecule has 2 N–H and O–H groups in total. The van der Waals surface area contributed by atoms with Crippen molar-refractivity contribution in [3.63, 3.8) is 0 Å². The van der Waals surface area contributed by atoms with E-state index in [1.165, 1.54) is 57.8 Å². The number of hydrogen-bond donors (Lipinski definition) is 1. The first-order valence-corrected chi connectivity index (χ1v) is 6.49. The van der Waals surface area contributed by atoms with Gasteiger partial charge in [-0.05, 0) is 38.0 Å². The summed E-state index contributed by atoms with van der Waals surface area (Å²) in [5.74, 6) is 0.989. The van der Waals surface area contributed by atoms with E-state index in [1.54, 1.807) is 0 Å². The molecule has 0 aromatic heterocycles. The van der Waals surface area contributed by atoms with Crippen LogP contribution in [0.25, 0.3) is 0 Å². The second-order valence-corrected chi connectivity index (χ2v) is 5.20. The van der Waals surface area contributed by atoms with Crippen LogP contribution in [0, 0.1) is 5.92 Å². The molecule has 14 heavy (non-hydrogen) atoms. The summed E-state index contributed by atoms with van der Waals surface area (Å²) in [5, 5.41) is 0. The summed E-state index contributed by atoms with van der Waals surface area (Å²) >= 11 is 0. The van der Waals surface area contributed by atoms with Crippen LogP contribution in [0.5, 0.6) is 0 Å². The Hall–Kier alpha value is -0.0400. The fourth-order valence-electron chi connectivity index (χ4n) is 2.78. The average Bonchev–Trinajstić information content (AvgIpc) is 2.17. The van der Waals surface area contributed by atoms with Gasteiger partial charge in [-0.25, -0.2) is 0 Å². The van der Waals surface area contributed by atoms with E-state index in [4.69, 9.17) is 5.73 Å². The molecule has 1 saturated carbocycles. The first-order valence-electron chi connectivity index (χ1n) is 6.49. The molecule has 0 aliphatic heterocycles. The van der Waals surface area contributed by atoms with E-state index in [0.717, 1.165) is 5.92 Å². The summed E-state index contributed by atoms with van der Waals surface area (Å²) in [6.45, 7) is 4.53. The molecule has 0 spiro atoms. The van der Waals surface area contributed by atoms with Crippen molar-refractivity contribution in [2.45, 2.75) is 77.2 Å². The quantitative estimate of drug-likeness (QED) is 0.711. The van der Waals surface area contributed by atoms with Crippen LogP contribution in [0.4, 0.5) is 0 Å². The standard InChI is InChI=1S/C13H27N/c1-3-5-6-12-7-10-13(14,9-4-2)11-8-12/h12H,3-11,14H2,1-2H3. The smallest absolute Gasteiger partial charge is 0.0154 e.